The molecule has 5 heteroatoms. The van der Waals surface area contributed by atoms with Crippen LogP contribution in [0.2, 0.25) is 0 Å². The van der Waals surface area contributed by atoms with Crippen molar-refractivity contribution in [3.63, 3.8) is 0 Å². The number of hydrogen-bond donors (Lipinski definition) is 1. The van der Waals surface area contributed by atoms with Crippen molar-refractivity contribution in [1.82, 2.24) is 9.88 Å². The molecular weight excluding hydrogens is 358 g/mol. The van der Waals surface area contributed by atoms with Gasteiger partial charge in [0.25, 0.3) is 0 Å². The van der Waals surface area contributed by atoms with Crippen molar-refractivity contribution in [2.24, 2.45) is 0 Å². The highest BCUT2D eigenvalue weighted by Gasteiger charge is 2.16. The van der Waals surface area contributed by atoms with Crippen LogP contribution in [0.1, 0.15) is 26.2 Å². The van der Waals surface area contributed by atoms with Crippen LogP contribution in [0.15, 0.2) is 21.2 Å². The molecule has 1 N–H and O–H groups in total. The Morgan fingerprint density at radius 1 is 1.33 bits per heavy atom. The molecule has 0 amide bonds. The lowest BCUT2D eigenvalue weighted by Crippen LogP contribution is -2.41. The summed E-state index contributed by atoms with van der Waals surface area (Å²) in [5.41, 5.74) is 0. The Balaban J connectivity index is 1.86. The summed E-state index contributed by atoms with van der Waals surface area (Å²) in [7, 11) is 0. The van der Waals surface area contributed by atoms with Crippen molar-refractivity contribution < 1.29 is 0 Å². The zero-order valence-electron chi connectivity index (χ0n) is 10.6. The minimum absolute atomic E-state index is 0.558. The second-order valence-electron chi connectivity index (χ2n) is 4.81. The van der Waals surface area contributed by atoms with Gasteiger partial charge in [0.05, 0.1) is 4.47 Å². The highest BCUT2D eigenvalue weighted by molar-refractivity contribution is 9.11. The van der Waals surface area contributed by atoms with Crippen LogP contribution in [0.25, 0.3) is 0 Å². The van der Waals surface area contributed by atoms with Gasteiger partial charge in [-0.15, -0.1) is 0 Å². The van der Waals surface area contributed by atoms with Crippen molar-refractivity contribution in [2.75, 3.05) is 25.0 Å². The van der Waals surface area contributed by atoms with Crippen molar-refractivity contribution >= 4 is 37.7 Å². The van der Waals surface area contributed by atoms with Crippen LogP contribution in [0.3, 0.4) is 0 Å². The first-order valence-corrected chi connectivity index (χ1v) is 8.04. The number of halogens is 2. The Labute approximate surface area is 126 Å². The first kappa shape index (κ1) is 14.3. The molecule has 1 aromatic heterocycles. The van der Waals surface area contributed by atoms with Crippen LogP contribution >= 0.6 is 31.9 Å². The lowest BCUT2D eigenvalue weighted by Gasteiger charge is -2.32. The normalized spacial score (nSPS) is 18.6. The van der Waals surface area contributed by atoms with Gasteiger partial charge in [-0.1, -0.05) is 6.42 Å². The lowest BCUT2D eigenvalue weighted by atomic mass is 10.1. The predicted octanol–water partition coefficient (Wildman–Crippen LogP) is 3.89. The fourth-order valence-electron chi connectivity index (χ4n) is 2.28. The second kappa shape index (κ2) is 6.87. The van der Waals surface area contributed by atoms with E-state index in [0.717, 1.165) is 21.3 Å². The molecule has 0 saturated carbocycles. The van der Waals surface area contributed by atoms with Gasteiger partial charge >= 0.3 is 0 Å². The molecule has 100 valence electrons. The van der Waals surface area contributed by atoms with E-state index in [4.69, 9.17) is 0 Å². The summed E-state index contributed by atoms with van der Waals surface area (Å²) in [6.07, 6.45) is 5.88. The first-order chi connectivity index (χ1) is 8.66. The minimum Gasteiger partial charge on any atom is -0.368 e. The fourth-order valence-corrected chi connectivity index (χ4v) is 3.40. The van der Waals surface area contributed by atoms with E-state index in [0.29, 0.717) is 6.04 Å². The molecule has 2 heterocycles. The zero-order valence-corrected chi connectivity index (χ0v) is 13.8. The van der Waals surface area contributed by atoms with Crippen molar-refractivity contribution in [3.05, 3.63) is 21.2 Å². The van der Waals surface area contributed by atoms with E-state index in [9.17, 15) is 0 Å². The van der Waals surface area contributed by atoms with E-state index in [2.05, 4.69) is 54.0 Å². The molecule has 1 unspecified atom stereocenters. The van der Waals surface area contributed by atoms with Gasteiger partial charge in [0, 0.05) is 23.3 Å². The molecule has 1 fully saturated rings. The van der Waals surface area contributed by atoms with Gasteiger partial charge in [-0.05, 0) is 70.8 Å². The smallest absolute Gasteiger partial charge is 0.140 e. The number of pyridine rings is 1. The van der Waals surface area contributed by atoms with E-state index < -0.39 is 0 Å². The van der Waals surface area contributed by atoms with E-state index in [1.165, 1.54) is 32.4 Å². The van der Waals surface area contributed by atoms with Crippen molar-refractivity contribution in [1.29, 1.82) is 0 Å². The second-order valence-corrected chi connectivity index (χ2v) is 6.58. The maximum absolute atomic E-state index is 4.37. The maximum Gasteiger partial charge on any atom is 0.140 e. The molecule has 0 aliphatic carbocycles. The Morgan fingerprint density at radius 2 is 2.06 bits per heavy atom. The van der Waals surface area contributed by atoms with E-state index in [1.54, 1.807) is 0 Å². The summed E-state index contributed by atoms with van der Waals surface area (Å²) >= 11 is 6.94. The van der Waals surface area contributed by atoms with Gasteiger partial charge in [-0.2, -0.15) is 0 Å². The maximum atomic E-state index is 4.37. The molecule has 0 radical (unpaired) electrons. The number of anilines is 1. The average Bonchev–Trinajstić information content (AvgIpc) is 2.38. The molecule has 3 nitrogen and oxygen atoms in total. The molecule has 0 spiro atoms. The van der Waals surface area contributed by atoms with Gasteiger partial charge in [0.15, 0.2) is 0 Å². The number of nitrogens with one attached hydrogen (secondary N) is 1. The van der Waals surface area contributed by atoms with Gasteiger partial charge in [0.2, 0.25) is 0 Å². The molecule has 1 atom stereocenters. The molecule has 1 aromatic rings. The van der Waals surface area contributed by atoms with E-state index in [-0.39, 0.29) is 0 Å². The molecule has 1 aliphatic heterocycles. The van der Waals surface area contributed by atoms with Crippen LogP contribution in [-0.2, 0) is 0 Å². The number of aromatic nitrogens is 1. The number of piperidine rings is 1. The molecule has 18 heavy (non-hydrogen) atoms. The quantitative estimate of drug-likeness (QED) is 0.863. The number of likely N-dealkylation sites (tertiary alicyclic amines) is 1. The summed E-state index contributed by atoms with van der Waals surface area (Å²) in [6, 6.07) is 2.57. The minimum atomic E-state index is 0.558. The molecule has 0 bridgehead atoms. The lowest BCUT2D eigenvalue weighted by molar-refractivity contribution is 0.180. The fraction of sp³-hybridized carbons (Fsp3) is 0.615. The van der Waals surface area contributed by atoms with Crippen molar-refractivity contribution in [3.8, 4) is 0 Å². The highest BCUT2D eigenvalue weighted by atomic mass is 79.9. The average molecular weight is 377 g/mol. The van der Waals surface area contributed by atoms with Gasteiger partial charge in [0.1, 0.15) is 5.82 Å². The summed E-state index contributed by atoms with van der Waals surface area (Å²) in [6.45, 7) is 5.69. The van der Waals surface area contributed by atoms with Crippen LogP contribution in [0.5, 0.6) is 0 Å². The van der Waals surface area contributed by atoms with Crippen molar-refractivity contribution in [2.45, 2.75) is 32.2 Å². The Morgan fingerprint density at radius 3 is 2.72 bits per heavy atom. The number of hydrogen-bond acceptors (Lipinski definition) is 3. The largest absolute Gasteiger partial charge is 0.368 e. The summed E-state index contributed by atoms with van der Waals surface area (Å²) in [5, 5.41) is 3.42. The van der Waals surface area contributed by atoms with Crippen LogP contribution in [0, 0.1) is 0 Å². The monoisotopic (exact) mass is 375 g/mol. The van der Waals surface area contributed by atoms with Gasteiger partial charge in [-0.3, -0.25) is 4.90 Å². The number of rotatable bonds is 4. The van der Waals surface area contributed by atoms with Crippen LogP contribution in [0.4, 0.5) is 5.82 Å². The summed E-state index contributed by atoms with van der Waals surface area (Å²) in [5.74, 6) is 0.919. The van der Waals surface area contributed by atoms with E-state index >= 15 is 0 Å². The van der Waals surface area contributed by atoms with Crippen LogP contribution in [-0.4, -0.2) is 35.6 Å². The third-order valence-electron chi connectivity index (χ3n) is 3.39. The van der Waals surface area contributed by atoms with Gasteiger partial charge < -0.3 is 5.32 Å². The highest BCUT2D eigenvalue weighted by Crippen LogP contribution is 2.23. The standard InChI is InChI=1S/C13H19Br2N3/c1-10(18-5-3-2-4-6-18)8-16-13-12(15)7-11(14)9-17-13/h7,9-10H,2-6,8H2,1H3,(H,16,17). The molecule has 2 rings (SSSR count). The molecule has 1 aliphatic rings. The zero-order chi connectivity index (χ0) is 13.0. The number of nitrogens with zero attached hydrogens (tertiary/aromatic N) is 2. The van der Waals surface area contributed by atoms with E-state index in [1.807, 2.05) is 12.3 Å². The van der Waals surface area contributed by atoms with Crippen LogP contribution < -0.4 is 5.32 Å². The summed E-state index contributed by atoms with van der Waals surface area (Å²) in [4.78, 5) is 6.93. The molecule has 1 saturated heterocycles. The predicted molar refractivity (Wildman–Crippen MR) is 83.0 cm³/mol. The summed E-state index contributed by atoms with van der Waals surface area (Å²) < 4.78 is 1.99. The topological polar surface area (TPSA) is 28.2 Å². The Bertz CT molecular complexity index is 392. The Kier molecular flexibility index (Phi) is 5.45. The third kappa shape index (κ3) is 3.93. The molecular formula is C13H19Br2N3. The SMILES string of the molecule is CC(CNc1ncc(Br)cc1Br)N1CCCCC1. The molecule has 0 aromatic carbocycles. The Hall–Kier alpha value is -0.130. The third-order valence-corrected chi connectivity index (χ3v) is 4.42. The van der Waals surface area contributed by atoms with Gasteiger partial charge in [-0.25, -0.2) is 4.98 Å². The first-order valence-electron chi connectivity index (χ1n) is 6.46.